The Morgan fingerprint density at radius 1 is 1.50 bits per heavy atom. The second-order valence-electron chi connectivity index (χ2n) is 3.77. The molecule has 1 fully saturated rings. The summed E-state index contributed by atoms with van der Waals surface area (Å²) in [5, 5.41) is -1.38. The second kappa shape index (κ2) is 4.68. The van der Waals surface area contributed by atoms with Crippen molar-refractivity contribution in [3.05, 3.63) is 21.7 Å². The lowest BCUT2D eigenvalue weighted by Crippen LogP contribution is -2.28. The van der Waals surface area contributed by atoms with Gasteiger partial charge >= 0.3 is 10.2 Å². The van der Waals surface area contributed by atoms with Crippen LogP contribution in [-0.2, 0) is 15.0 Å². The van der Waals surface area contributed by atoms with Crippen molar-refractivity contribution >= 4 is 44.5 Å². The highest BCUT2D eigenvalue weighted by molar-refractivity contribution is 14.1. The van der Waals surface area contributed by atoms with Gasteiger partial charge in [-0.1, -0.05) is 0 Å². The molecule has 0 saturated carbocycles. The number of aromatic nitrogens is 1. The van der Waals surface area contributed by atoms with E-state index >= 15 is 0 Å². The van der Waals surface area contributed by atoms with Crippen LogP contribution < -0.4 is 4.90 Å². The van der Waals surface area contributed by atoms with Gasteiger partial charge in [0.15, 0.2) is 0 Å². The lowest BCUT2D eigenvalue weighted by atomic mass is 10.4. The lowest BCUT2D eigenvalue weighted by Gasteiger charge is -2.16. The number of carbonyl (C=O) groups is 1. The molecule has 2 heterocycles. The second-order valence-corrected chi connectivity index (χ2v) is 6.54. The molecular weight excluding hydrogens is 381 g/mol. The van der Waals surface area contributed by atoms with E-state index in [0.717, 1.165) is 17.2 Å². The van der Waals surface area contributed by atoms with Crippen LogP contribution in [0.15, 0.2) is 12.3 Å². The van der Waals surface area contributed by atoms with Gasteiger partial charge in [-0.3, -0.25) is 9.69 Å². The first kappa shape index (κ1) is 13.6. The van der Waals surface area contributed by atoms with E-state index in [0.29, 0.717) is 3.57 Å². The van der Waals surface area contributed by atoms with Gasteiger partial charge in [0.25, 0.3) is 0 Å². The summed E-state index contributed by atoms with van der Waals surface area (Å²) < 4.78 is 47.6. The van der Waals surface area contributed by atoms with Crippen molar-refractivity contribution in [3.8, 4) is 0 Å². The predicted molar refractivity (Wildman–Crippen MR) is 67.7 cm³/mol. The standard InChI is InChI=1S/C9H7F2IN2O3S/c10-5-1-7(12)9(13-3-5)14-4-6(2-8(14)15)18(11,16)17/h1,3,6H,2,4H2. The van der Waals surface area contributed by atoms with E-state index in [1.165, 1.54) is 0 Å². The van der Waals surface area contributed by atoms with Crippen LogP contribution in [0, 0.1) is 9.39 Å². The third-order valence-corrected chi connectivity index (χ3v) is 4.44. The van der Waals surface area contributed by atoms with Crippen molar-refractivity contribution in [2.24, 2.45) is 0 Å². The zero-order chi connectivity index (χ0) is 13.5. The number of halogens is 3. The molecule has 18 heavy (non-hydrogen) atoms. The van der Waals surface area contributed by atoms with Crippen LogP contribution in [0.25, 0.3) is 0 Å². The van der Waals surface area contributed by atoms with Crippen molar-refractivity contribution in [2.45, 2.75) is 11.7 Å². The summed E-state index contributed by atoms with van der Waals surface area (Å²) in [4.78, 5) is 16.4. The fourth-order valence-corrected chi connectivity index (χ4v) is 3.07. The monoisotopic (exact) mass is 388 g/mol. The molecule has 0 aromatic carbocycles. The van der Waals surface area contributed by atoms with Gasteiger partial charge in [0.2, 0.25) is 5.91 Å². The van der Waals surface area contributed by atoms with E-state index in [-0.39, 0.29) is 12.4 Å². The maximum Gasteiger partial charge on any atom is 0.307 e. The third-order valence-electron chi connectivity index (χ3n) is 2.53. The number of hydrogen-bond acceptors (Lipinski definition) is 4. The summed E-state index contributed by atoms with van der Waals surface area (Å²) in [7, 11) is -4.76. The molecule has 1 aliphatic heterocycles. The highest BCUT2D eigenvalue weighted by atomic mass is 127. The molecule has 1 aromatic rings. The van der Waals surface area contributed by atoms with Gasteiger partial charge in [0, 0.05) is 13.0 Å². The Morgan fingerprint density at radius 2 is 2.17 bits per heavy atom. The Labute approximate surface area is 116 Å². The van der Waals surface area contributed by atoms with E-state index in [1.807, 2.05) is 0 Å². The van der Waals surface area contributed by atoms with Crippen molar-refractivity contribution in [3.63, 3.8) is 0 Å². The topological polar surface area (TPSA) is 67.3 Å². The number of pyridine rings is 1. The molecule has 1 aromatic heterocycles. The maximum atomic E-state index is 12.9. The minimum Gasteiger partial charge on any atom is -0.294 e. The van der Waals surface area contributed by atoms with Crippen LogP contribution in [-0.4, -0.2) is 31.1 Å². The fourth-order valence-electron chi connectivity index (χ4n) is 1.67. The van der Waals surface area contributed by atoms with E-state index in [1.54, 1.807) is 22.6 Å². The Morgan fingerprint density at radius 3 is 2.67 bits per heavy atom. The number of hydrogen-bond donors (Lipinski definition) is 0. The number of anilines is 1. The fraction of sp³-hybridized carbons (Fsp3) is 0.333. The van der Waals surface area contributed by atoms with Crippen LogP contribution >= 0.6 is 22.6 Å². The average Bonchev–Trinajstić information content (AvgIpc) is 2.60. The van der Waals surface area contributed by atoms with Crippen molar-refractivity contribution in [2.75, 3.05) is 11.4 Å². The lowest BCUT2D eigenvalue weighted by molar-refractivity contribution is -0.117. The summed E-state index contributed by atoms with van der Waals surface area (Å²) in [5.74, 6) is -0.962. The van der Waals surface area contributed by atoms with Crippen LogP contribution in [0.3, 0.4) is 0 Å². The summed E-state index contributed by atoms with van der Waals surface area (Å²) in [6.45, 7) is -0.299. The van der Waals surface area contributed by atoms with E-state index in [2.05, 4.69) is 4.98 Å². The minimum atomic E-state index is -4.76. The van der Waals surface area contributed by atoms with Crippen molar-refractivity contribution in [1.82, 2.24) is 4.98 Å². The van der Waals surface area contributed by atoms with Crippen molar-refractivity contribution < 1.29 is 21.5 Å². The predicted octanol–water partition coefficient (Wildman–Crippen LogP) is 1.23. The van der Waals surface area contributed by atoms with Gasteiger partial charge < -0.3 is 0 Å². The summed E-state index contributed by atoms with van der Waals surface area (Å²) >= 11 is 1.77. The highest BCUT2D eigenvalue weighted by Crippen LogP contribution is 2.28. The van der Waals surface area contributed by atoms with Crippen LogP contribution in [0.5, 0.6) is 0 Å². The number of rotatable bonds is 2. The molecule has 0 spiro atoms. The Balaban J connectivity index is 2.33. The molecule has 1 unspecified atom stereocenters. The molecule has 0 bridgehead atoms. The van der Waals surface area contributed by atoms with Gasteiger partial charge in [-0.05, 0) is 28.7 Å². The summed E-state index contributed by atoms with van der Waals surface area (Å²) in [6, 6.07) is 1.16. The quantitative estimate of drug-likeness (QED) is 0.565. The van der Waals surface area contributed by atoms with Gasteiger partial charge in [-0.15, -0.1) is 3.89 Å². The molecule has 9 heteroatoms. The molecule has 0 N–H and O–H groups in total. The summed E-state index contributed by atoms with van der Waals surface area (Å²) in [6.07, 6.45) is 0.496. The first-order valence-electron chi connectivity index (χ1n) is 4.84. The Hall–Kier alpha value is -0.840. The molecule has 5 nitrogen and oxygen atoms in total. The molecule has 0 aliphatic carbocycles. The molecule has 2 rings (SSSR count). The number of carbonyl (C=O) groups excluding carboxylic acids is 1. The zero-order valence-corrected chi connectivity index (χ0v) is 11.8. The van der Waals surface area contributed by atoms with E-state index < -0.39 is 33.6 Å². The van der Waals surface area contributed by atoms with Crippen molar-refractivity contribution in [1.29, 1.82) is 0 Å². The number of amides is 1. The van der Waals surface area contributed by atoms with Gasteiger partial charge in [-0.25, -0.2) is 9.37 Å². The average molecular weight is 388 g/mol. The molecule has 0 radical (unpaired) electrons. The first-order valence-corrected chi connectivity index (χ1v) is 7.36. The van der Waals surface area contributed by atoms with E-state index in [4.69, 9.17) is 0 Å². The van der Waals surface area contributed by atoms with Crippen LogP contribution in [0.4, 0.5) is 14.1 Å². The molecular formula is C9H7F2IN2O3S. The third kappa shape index (κ3) is 2.60. The van der Waals surface area contributed by atoms with E-state index in [9.17, 15) is 21.5 Å². The highest BCUT2D eigenvalue weighted by Gasteiger charge is 2.40. The van der Waals surface area contributed by atoms with Crippen LogP contribution in [0.2, 0.25) is 0 Å². The maximum absolute atomic E-state index is 12.9. The molecule has 98 valence electrons. The minimum absolute atomic E-state index is 0.146. The van der Waals surface area contributed by atoms with Gasteiger partial charge in [0.05, 0.1) is 9.77 Å². The normalized spacial score (nSPS) is 20.5. The molecule has 1 atom stereocenters. The molecule has 1 saturated heterocycles. The first-order chi connectivity index (χ1) is 8.29. The smallest absolute Gasteiger partial charge is 0.294 e. The van der Waals surface area contributed by atoms with Gasteiger partial charge in [0.1, 0.15) is 16.9 Å². The van der Waals surface area contributed by atoms with Gasteiger partial charge in [-0.2, -0.15) is 8.42 Å². The van der Waals surface area contributed by atoms with Crippen LogP contribution in [0.1, 0.15) is 6.42 Å². The number of nitrogens with zero attached hydrogens (tertiary/aromatic N) is 2. The largest absolute Gasteiger partial charge is 0.307 e. The molecule has 1 aliphatic rings. The zero-order valence-electron chi connectivity index (χ0n) is 8.81. The Kier molecular flexibility index (Phi) is 3.54. The summed E-state index contributed by atoms with van der Waals surface area (Å²) in [5.41, 5.74) is 0. The molecule has 1 amide bonds. The SMILES string of the molecule is O=C1CC(S(=O)(=O)F)CN1c1ncc(F)cc1I. The Bertz CT molecular complexity index is 608.